The van der Waals surface area contributed by atoms with Gasteiger partial charge in [-0.3, -0.25) is 0 Å². The molecule has 0 fully saturated rings. The highest BCUT2D eigenvalue weighted by atomic mass is 35.5. The lowest BCUT2D eigenvalue weighted by Gasteiger charge is -2.08. The van der Waals surface area contributed by atoms with Crippen molar-refractivity contribution in [3.63, 3.8) is 0 Å². The third kappa shape index (κ3) is 1.59. The van der Waals surface area contributed by atoms with Crippen molar-refractivity contribution in [1.29, 1.82) is 0 Å². The van der Waals surface area contributed by atoms with Crippen LogP contribution in [0.5, 0.6) is 0 Å². The number of halogens is 1. The Morgan fingerprint density at radius 3 is 2.79 bits per heavy atom. The molecule has 1 aromatic heterocycles. The van der Waals surface area contributed by atoms with Crippen LogP contribution in [0.3, 0.4) is 0 Å². The SMILES string of the molecule is C[C@H](N)c1cc2ccccc2nc1Cl. The van der Waals surface area contributed by atoms with Gasteiger partial charge in [0.05, 0.1) is 5.52 Å². The highest BCUT2D eigenvalue weighted by Crippen LogP contribution is 2.23. The number of benzene rings is 1. The Hall–Kier alpha value is -1.12. The molecular formula is C11H11ClN2. The minimum atomic E-state index is -0.0837. The predicted octanol–water partition coefficient (Wildman–Crippen LogP) is 2.91. The Bertz CT molecular complexity index is 466. The zero-order valence-corrected chi connectivity index (χ0v) is 8.62. The van der Waals surface area contributed by atoms with E-state index >= 15 is 0 Å². The maximum absolute atomic E-state index is 6.01. The van der Waals surface area contributed by atoms with Crippen molar-refractivity contribution in [3.05, 3.63) is 41.0 Å². The van der Waals surface area contributed by atoms with Crippen LogP contribution in [0.15, 0.2) is 30.3 Å². The number of para-hydroxylation sites is 1. The van der Waals surface area contributed by atoms with E-state index in [-0.39, 0.29) is 6.04 Å². The first kappa shape index (κ1) is 9.44. The number of fused-ring (bicyclic) bond motifs is 1. The molecule has 0 saturated heterocycles. The number of hydrogen-bond acceptors (Lipinski definition) is 2. The molecule has 0 bridgehead atoms. The van der Waals surface area contributed by atoms with E-state index in [1.54, 1.807) is 0 Å². The van der Waals surface area contributed by atoms with E-state index in [9.17, 15) is 0 Å². The van der Waals surface area contributed by atoms with Gasteiger partial charge in [-0.1, -0.05) is 29.8 Å². The lowest BCUT2D eigenvalue weighted by atomic mass is 10.1. The summed E-state index contributed by atoms with van der Waals surface area (Å²) in [6.45, 7) is 1.90. The molecule has 0 amide bonds. The van der Waals surface area contributed by atoms with Crippen LogP contribution in [0.25, 0.3) is 10.9 Å². The van der Waals surface area contributed by atoms with Crippen LogP contribution >= 0.6 is 11.6 Å². The largest absolute Gasteiger partial charge is 0.324 e. The summed E-state index contributed by atoms with van der Waals surface area (Å²) in [7, 11) is 0. The maximum atomic E-state index is 6.01. The molecule has 0 aliphatic heterocycles. The summed E-state index contributed by atoms with van der Waals surface area (Å²) in [5, 5.41) is 1.57. The Kier molecular flexibility index (Phi) is 2.40. The summed E-state index contributed by atoms with van der Waals surface area (Å²) in [5.74, 6) is 0. The van der Waals surface area contributed by atoms with Crippen LogP contribution in [0, 0.1) is 0 Å². The first-order valence-electron chi connectivity index (χ1n) is 4.49. The zero-order chi connectivity index (χ0) is 10.1. The summed E-state index contributed by atoms with van der Waals surface area (Å²) in [4.78, 5) is 4.28. The molecule has 2 nitrogen and oxygen atoms in total. The molecule has 14 heavy (non-hydrogen) atoms. The van der Waals surface area contributed by atoms with Crippen molar-refractivity contribution >= 4 is 22.5 Å². The van der Waals surface area contributed by atoms with Gasteiger partial charge in [0.1, 0.15) is 5.15 Å². The number of nitrogens with zero attached hydrogens (tertiary/aromatic N) is 1. The van der Waals surface area contributed by atoms with Gasteiger partial charge in [-0.2, -0.15) is 0 Å². The number of pyridine rings is 1. The van der Waals surface area contributed by atoms with E-state index in [0.717, 1.165) is 16.5 Å². The lowest BCUT2D eigenvalue weighted by molar-refractivity contribution is 0.815. The van der Waals surface area contributed by atoms with Crippen LogP contribution < -0.4 is 5.73 Å². The molecule has 0 aliphatic rings. The molecule has 0 unspecified atom stereocenters. The van der Waals surface area contributed by atoms with Crippen molar-refractivity contribution in [2.24, 2.45) is 5.73 Å². The van der Waals surface area contributed by atoms with Gasteiger partial charge < -0.3 is 5.73 Å². The summed E-state index contributed by atoms with van der Waals surface area (Å²) >= 11 is 6.01. The van der Waals surface area contributed by atoms with E-state index in [4.69, 9.17) is 17.3 Å². The van der Waals surface area contributed by atoms with Crippen molar-refractivity contribution in [1.82, 2.24) is 4.98 Å². The minimum absolute atomic E-state index is 0.0837. The first-order chi connectivity index (χ1) is 6.68. The van der Waals surface area contributed by atoms with Crippen LogP contribution in [-0.2, 0) is 0 Å². The topological polar surface area (TPSA) is 38.9 Å². The normalized spacial score (nSPS) is 13.1. The fourth-order valence-electron chi connectivity index (χ4n) is 1.43. The van der Waals surface area contributed by atoms with Gasteiger partial charge in [-0.05, 0) is 19.1 Å². The zero-order valence-electron chi connectivity index (χ0n) is 7.87. The summed E-state index contributed by atoms with van der Waals surface area (Å²) < 4.78 is 0. The Labute approximate surface area is 87.7 Å². The molecule has 3 heteroatoms. The highest BCUT2D eigenvalue weighted by molar-refractivity contribution is 6.30. The van der Waals surface area contributed by atoms with Crippen molar-refractivity contribution in [3.8, 4) is 0 Å². The van der Waals surface area contributed by atoms with E-state index < -0.39 is 0 Å². The molecule has 0 radical (unpaired) electrons. The lowest BCUT2D eigenvalue weighted by Crippen LogP contribution is -2.06. The van der Waals surface area contributed by atoms with Crippen LogP contribution in [0.4, 0.5) is 0 Å². The summed E-state index contributed by atoms with van der Waals surface area (Å²) in [5.41, 5.74) is 7.58. The second-order valence-electron chi connectivity index (χ2n) is 3.35. The molecule has 0 spiro atoms. The molecule has 1 aromatic carbocycles. The number of nitrogens with two attached hydrogens (primary N) is 1. The van der Waals surface area contributed by atoms with Gasteiger partial charge >= 0.3 is 0 Å². The Morgan fingerprint density at radius 1 is 1.36 bits per heavy atom. The average Bonchev–Trinajstić information content (AvgIpc) is 2.16. The quantitative estimate of drug-likeness (QED) is 0.729. The first-order valence-corrected chi connectivity index (χ1v) is 4.87. The van der Waals surface area contributed by atoms with E-state index in [2.05, 4.69) is 4.98 Å². The predicted molar refractivity (Wildman–Crippen MR) is 59.4 cm³/mol. The number of aromatic nitrogens is 1. The monoisotopic (exact) mass is 206 g/mol. The smallest absolute Gasteiger partial charge is 0.134 e. The Balaban J connectivity index is 2.71. The van der Waals surface area contributed by atoms with Crippen molar-refractivity contribution in [2.75, 3.05) is 0 Å². The van der Waals surface area contributed by atoms with Crippen LogP contribution in [0.1, 0.15) is 18.5 Å². The van der Waals surface area contributed by atoms with Gasteiger partial charge in [-0.25, -0.2) is 4.98 Å². The van der Waals surface area contributed by atoms with Gasteiger partial charge in [0.2, 0.25) is 0 Å². The van der Waals surface area contributed by atoms with Gasteiger partial charge in [0.15, 0.2) is 0 Å². The molecule has 72 valence electrons. The number of rotatable bonds is 1. The molecule has 1 atom stereocenters. The second kappa shape index (κ2) is 3.56. The van der Waals surface area contributed by atoms with E-state index in [1.807, 2.05) is 37.3 Å². The van der Waals surface area contributed by atoms with Crippen molar-refractivity contribution in [2.45, 2.75) is 13.0 Å². The summed E-state index contributed by atoms with van der Waals surface area (Å²) in [6.07, 6.45) is 0. The van der Waals surface area contributed by atoms with Crippen LogP contribution in [0.2, 0.25) is 5.15 Å². The highest BCUT2D eigenvalue weighted by Gasteiger charge is 2.07. The van der Waals surface area contributed by atoms with Crippen molar-refractivity contribution < 1.29 is 0 Å². The van der Waals surface area contributed by atoms with Gasteiger partial charge in [0.25, 0.3) is 0 Å². The number of hydrogen-bond donors (Lipinski definition) is 1. The molecular weight excluding hydrogens is 196 g/mol. The molecule has 1 heterocycles. The molecule has 0 aliphatic carbocycles. The Morgan fingerprint density at radius 2 is 2.07 bits per heavy atom. The molecule has 2 N–H and O–H groups in total. The fraction of sp³-hybridized carbons (Fsp3) is 0.182. The maximum Gasteiger partial charge on any atom is 0.134 e. The van der Waals surface area contributed by atoms with E-state index in [0.29, 0.717) is 5.15 Å². The van der Waals surface area contributed by atoms with Gasteiger partial charge in [0, 0.05) is 17.0 Å². The average molecular weight is 207 g/mol. The molecule has 0 saturated carbocycles. The third-order valence-corrected chi connectivity index (χ3v) is 2.50. The fourth-order valence-corrected chi connectivity index (χ4v) is 1.75. The molecule has 2 aromatic rings. The second-order valence-corrected chi connectivity index (χ2v) is 3.71. The minimum Gasteiger partial charge on any atom is -0.324 e. The summed E-state index contributed by atoms with van der Waals surface area (Å²) in [6, 6.07) is 9.77. The van der Waals surface area contributed by atoms with Gasteiger partial charge in [-0.15, -0.1) is 0 Å². The third-order valence-electron chi connectivity index (χ3n) is 2.20. The molecule has 2 rings (SSSR count). The van der Waals surface area contributed by atoms with Crippen LogP contribution in [-0.4, -0.2) is 4.98 Å². The van der Waals surface area contributed by atoms with E-state index in [1.165, 1.54) is 0 Å². The standard InChI is InChI=1S/C11H11ClN2/c1-7(13)9-6-8-4-2-3-5-10(8)14-11(9)12/h2-7H,13H2,1H3/t7-/m0/s1.